The van der Waals surface area contributed by atoms with Gasteiger partial charge in [0.2, 0.25) is 0 Å². The maximum Gasteiger partial charge on any atom is 0.0708 e. The van der Waals surface area contributed by atoms with Crippen LogP contribution in [0.4, 0.5) is 0 Å². The van der Waals surface area contributed by atoms with Crippen molar-refractivity contribution in [2.75, 3.05) is 0 Å². The highest BCUT2D eigenvalue weighted by molar-refractivity contribution is 5.83. The van der Waals surface area contributed by atoms with Crippen LogP contribution in [0.25, 0.3) is 10.9 Å². The predicted octanol–water partition coefficient (Wildman–Crippen LogP) is 2.34. The van der Waals surface area contributed by atoms with Crippen LogP contribution in [0.3, 0.4) is 0 Å². The molecule has 0 unspecified atom stereocenters. The number of hydrogen-bond acceptors (Lipinski definition) is 2. The minimum atomic E-state index is 0.0929. The summed E-state index contributed by atoms with van der Waals surface area (Å²) < 4.78 is 0. The lowest BCUT2D eigenvalue weighted by Crippen LogP contribution is -1.92. The van der Waals surface area contributed by atoms with E-state index in [1.54, 1.807) is 0 Å². The Bertz CT molecular complexity index is 477. The van der Waals surface area contributed by atoms with E-state index < -0.39 is 0 Å². The van der Waals surface area contributed by atoms with Gasteiger partial charge in [-0.1, -0.05) is 12.1 Å². The van der Waals surface area contributed by atoms with Crippen molar-refractivity contribution in [3.05, 3.63) is 41.1 Å². The third-order valence-corrected chi connectivity index (χ3v) is 2.56. The summed E-state index contributed by atoms with van der Waals surface area (Å²) in [5.74, 6) is 0. The molecule has 0 atom stereocenters. The minimum absolute atomic E-state index is 0.0929. The number of rotatable bonds is 1. The van der Waals surface area contributed by atoms with Crippen molar-refractivity contribution in [1.29, 1.82) is 0 Å². The first kappa shape index (κ1) is 9.16. The largest absolute Gasteiger partial charge is 0.392 e. The third kappa shape index (κ3) is 1.38. The maximum atomic E-state index is 9.11. The van der Waals surface area contributed by atoms with Gasteiger partial charge in [0.05, 0.1) is 12.1 Å². The molecule has 0 radical (unpaired) electrons. The molecule has 0 spiro atoms. The fourth-order valence-corrected chi connectivity index (χ4v) is 1.67. The summed E-state index contributed by atoms with van der Waals surface area (Å²) in [5, 5.41) is 10.2. The van der Waals surface area contributed by atoms with Gasteiger partial charge >= 0.3 is 0 Å². The number of pyridine rings is 1. The lowest BCUT2D eigenvalue weighted by molar-refractivity contribution is 0.281. The quantitative estimate of drug-likeness (QED) is 0.743. The number of hydrogen-bond donors (Lipinski definition) is 1. The molecule has 0 fully saturated rings. The second-order valence-corrected chi connectivity index (χ2v) is 3.53. The average Bonchev–Trinajstić information content (AvgIpc) is 2.18. The number of aryl methyl sites for hydroxylation is 2. The molecule has 0 saturated carbocycles. The van der Waals surface area contributed by atoms with Gasteiger partial charge in [-0.05, 0) is 37.1 Å². The van der Waals surface area contributed by atoms with E-state index in [1.165, 1.54) is 0 Å². The molecular formula is C12H13NO. The molecule has 0 aliphatic carbocycles. The van der Waals surface area contributed by atoms with Crippen molar-refractivity contribution in [1.82, 2.24) is 4.98 Å². The Hall–Kier alpha value is -1.41. The Labute approximate surface area is 83.2 Å². The van der Waals surface area contributed by atoms with Crippen molar-refractivity contribution in [3.8, 4) is 0 Å². The van der Waals surface area contributed by atoms with E-state index in [1.807, 2.05) is 32.0 Å². The zero-order valence-corrected chi connectivity index (χ0v) is 8.41. The lowest BCUT2D eigenvalue weighted by Gasteiger charge is -2.06. The van der Waals surface area contributed by atoms with Crippen LogP contribution in [-0.2, 0) is 6.61 Å². The highest BCUT2D eigenvalue weighted by Gasteiger charge is 2.03. The molecule has 0 amide bonds. The van der Waals surface area contributed by atoms with E-state index in [0.29, 0.717) is 0 Å². The number of fused-ring (bicyclic) bond motifs is 1. The van der Waals surface area contributed by atoms with E-state index in [4.69, 9.17) is 5.11 Å². The van der Waals surface area contributed by atoms with Gasteiger partial charge in [-0.2, -0.15) is 0 Å². The Morgan fingerprint density at radius 2 is 1.93 bits per heavy atom. The number of nitrogens with zero attached hydrogens (tertiary/aromatic N) is 1. The molecule has 0 saturated heterocycles. The van der Waals surface area contributed by atoms with Crippen LogP contribution < -0.4 is 0 Å². The van der Waals surface area contributed by atoms with Gasteiger partial charge in [-0.15, -0.1) is 0 Å². The number of benzene rings is 1. The van der Waals surface area contributed by atoms with Crippen LogP contribution in [-0.4, -0.2) is 10.1 Å². The summed E-state index contributed by atoms with van der Waals surface area (Å²) in [6, 6.07) is 7.95. The molecule has 1 heterocycles. The maximum absolute atomic E-state index is 9.11. The molecule has 0 aliphatic rings. The lowest BCUT2D eigenvalue weighted by atomic mass is 10.0. The molecule has 2 heteroatoms. The summed E-state index contributed by atoms with van der Waals surface area (Å²) in [7, 11) is 0. The van der Waals surface area contributed by atoms with E-state index >= 15 is 0 Å². The number of aromatic nitrogens is 1. The standard InChI is InChI=1S/C12H13NO/c1-8-3-5-11-9(2)10(7-14)4-6-12(11)13-8/h3-6,14H,7H2,1-2H3. The highest BCUT2D eigenvalue weighted by atomic mass is 16.3. The van der Waals surface area contributed by atoms with Gasteiger partial charge in [0.25, 0.3) is 0 Å². The topological polar surface area (TPSA) is 33.1 Å². The Morgan fingerprint density at radius 3 is 2.64 bits per heavy atom. The first-order valence-corrected chi connectivity index (χ1v) is 4.69. The smallest absolute Gasteiger partial charge is 0.0708 e. The van der Waals surface area contributed by atoms with Gasteiger partial charge in [-0.25, -0.2) is 0 Å². The number of aliphatic hydroxyl groups excluding tert-OH is 1. The Balaban J connectivity index is 2.77. The SMILES string of the molecule is Cc1ccc2c(C)c(CO)ccc2n1. The monoisotopic (exact) mass is 187 g/mol. The van der Waals surface area contributed by atoms with Gasteiger partial charge in [0, 0.05) is 11.1 Å². The van der Waals surface area contributed by atoms with E-state index in [9.17, 15) is 0 Å². The van der Waals surface area contributed by atoms with Crippen molar-refractivity contribution >= 4 is 10.9 Å². The molecule has 2 nitrogen and oxygen atoms in total. The fraction of sp³-hybridized carbons (Fsp3) is 0.250. The van der Waals surface area contributed by atoms with Gasteiger partial charge in [0.1, 0.15) is 0 Å². The minimum Gasteiger partial charge on any atom is -0.392 e. The number of aliphatic hydroxyl groups is 1. The summed E-state index contributed by atoms with van der Waals surface area (Å²) in [4.78, 5) is 4.43. The van der Waals surface area contributed by atoms with Gasteiger partial charge < -0.3 is 5.11 Å². The van der Waals surface area contributed by atoms with Crippen LogP contribution in [0.5, 0.6) is 0 Å². The van der Waals surface area contributed by atoms with Gasteiger partial charge in [-0.3, -0.25) is 4.98 Å². The summed E-state index contributed by atoms with van der Waals surface area (Å²) in [6.07, 6.45) is 0. The molecule has 1 aromatic heterocycles. The zero-order valence-electron chi connectivity index (χ0n) is 8.41. The van der Waals surface area contributed by atoms with Crippen LogP contribution in [0.2, 0.25) is 0 Å². The molecule has 2 aromatic rings. The van der Waals surface area contributed by atoms with Crippen LogP contribution in [0, 0.1) is 13.8 Å². The Kier molecular flexibility index (Phi) is 2.22. The molecule has 2 rings (SSSR count). The van der Waals surface area contributed by atoms with Crippen molar-refractivity contribution in [3.63, 3.8) is 0 Å². The predicted molar refractivity (Wildman–Crippen MR) is 57.1 cm³/mol. The average molecular weight is 187 g/mol. The highest BCUT2D eigenvalue weighted by Crippen LogP contribution is 2.20. The van der Waals surface area contributed by atoms with Crippen LogP contribution >= 0.6 is 0 Å². The third-order valence-electron chi connectivity index (χ3n) is 2.56. The van der Waals surface area contributed by atoms with Crippen molar-refractivity contribution in [2.45, 2.75) is 20.5 Å². The van der Waals surface area contributed by atoms with E-state index in [-0.39, 0.29) is 6.61 Å². The van der Waals surface area contributed by atoms with Gasteiger partial charge in [0.15, 0.2) is 0 Å². The zero-order chi connectivity index (χ0) is 10.1. The molecule has 1 aromatic carbocycles. The molecule has 1 N–H and O–H groups in total. The van der Waals surface area contributed by atoms with E-state index in [0.717, 1.165) is 27.7 Å². The van der Waals surface area contributed by atoms with Crippen LogP contribution in [0.1, 0.15) is 16.8 Å². The normalized spacial score (nSPS) is 10.8. The molecule has 0 bridgehead atoms. The van der Waals surface area contributed by atoms with E-state index in [2.05, 4.69) is 11.1 Å². The fourth-order valence-electron chi connectivity index (χ4n) is 1.67. The van der Waals surface area contributed by atoms with Crippen molar-refractivity contribution < 1.29 is 5.11 Å². The Morgan fingerprint density at radius 1 is 1.14 bits per heavy atom. The first-order valence-electron chi connectivity index (χ1n) is 4.69. The molecule has 0 aliphatic heterocycles. The second-order valence-electron chi connectivity index (χ2n) is 3.53. The molecule has 14 heavy (non-hydrogen) atoms. The first-order chi connectivity index (χ1) is 6.72. The second kappa shape index (κ2) is 3.39. The summed E-state index contributed by atoms with van der Waals surface area (Å²) in [6.45, 7) is 4.09. The summed E-state index contributed by atoms with van der Waals surface area (Å²) >= 11 is 0. The summed E-state index contributed by atoms with van der Waals surface area (Å²) in [5.41, 5.74) is 4.12. The molecular weight excluding hydrogens is 174 g/mol. The molecule has 72 valence electrons. The van der Waals surface area contributed by atoms with Crippen LogP contribution in [0.15, 0.2) is 24.3 Å². The van der Waals surface area contributed by atoms with Crippen molar-refractivity contribution in [2.24, 2.45) is 0 Å².